The maximum Gasteiger partial charge on any atom is 0.223 e. The first-order valence-corrected chi connectivity index (χ1v) is 16.4. The molecule has 8 bridgehead atoms. The van der Waals surface area contributed by atoms with Gasteiger partial charge in [-0.05, 0) is 122 Å². The van der Waals surface area contributed by atoms with Gasteiger partial charge >= 0.3 is 0 Å². The van der Waals surface area contributed by atoms with Crippen molar-refractivity contribution in [2.24, 2.45) is 9.98 Å². The third-order valence-corrected chi connectivity index (χ3v) is 9.51. The summed E-state index contributed by atoms with van der Waals surface area (Å²) in [6, 6.07) is 8.54. The summed E-state index contributed by atoms with van der Waals surface area (Å²) < 4.78 is 13.4. The van der Waals surface area contributed by atoms with E-state index in [0.717, 1.165) is 82.2 Å². The smallest absolute Gasteiger partial charge is 0.223 e. The van der Waals surface area contributed by atoms with Gasteiger partial charge in [-0.1, -0.05) is 52.0 Å². The molecule has 45 heavy (non-hydrogen) atoms. The van der Waals surface area contributed by atoms with E-state index in [9.17, 15) is 0 Å². The number of nitrogens with one attached hydrogen (secondary N) is 1. The van der Waals surface area contributed by atoms with Crippen LogP contribution < -0.4 is 0 Å². The molecule has 3 aliphatic heterocycles. The zero-order chi connectivity index (χ0) is 31.2. The fourth-order valence-corrected chi connectivity index (χ4v) is 7.45. The molecule has 4 heterocycles. The van der Waals surface area contributed by atoms with Gasteiger partial charge in [0, 0.05) is 35.7 Å². The molecule has 5 nitrogen and oxygen atoms in total. The molecule has 2 aromatic rings. The summed E-state index contributed by atoms with van der Waals surface area (Å²) in [4.78, 5) is 14.4. The molecule has 6 heteroatoms. The Morgan fingerprint density at radius 3 is 1.40 bits per heavy atom. The molecule has 6 rings (SSSR count). The fourth-order valence-electron chi connectivity index (χ4n) is 7.45. The van der Waals surface area contributed by atoms with Crippen molar-refractivity contribution in [3.63, 3.8) is 0 Å². The molecular formula is C39H46ClN3O2. The Balaban J connectivity index is 0.00000400. The second kappa shape index (κ2) is 13.1. The van der Waals surface area contributed by atoms with E-state index in [-0.39, 0.29) is 12.4 Å². The van der Waals surface area contributed by atoms with Crippen molar-refractivity contribution in [2.75, 3.05) is 13.2 Å². The van der Waals surface area contributed by atoms with Crippen LogP contribution in [0.4, 0.5) is 0 Å². The lowest BCUT2D eigenvalue weighted by Gasteiger charge is -2.32. The molecule has 0 fully saturated rings. The van der Waals surface area contributed by atoms with E-state index < -0.39 is 5.79 Å². The van der Waals surface area contributed by atoms with Crippen LogP contribution >= 0.6 is 12.4 Å². The summed E-state index contributed by atoms with van der Waals surface area (Å²) in [5.41, 5.74) is 18.1. The van der Waals surface area contributed by atoms with E-state index in [2.05, 4.69) is 95.1 Å². The number of rotatable bonds is 8. The highest BCUT2D eigenvalue weighted by Gasteiger charge is 2.49. The van der Waals surface area contributed by atoms with Gasteiger partial charge in [0.15, 0.2) is 0 Å². The topological polar surface area (TPSA) is 59.0 Å². The number of hydrogen-bond acceptors (Lipinski definition) is 4. The van der Waals surface area contributed by atoms with Gasteiger partial charge in [-0.2, -0.15) is 0 Å². The molecule has 1 aromatic heterocycles. The Labute approximate surface area is 274 Å². The van der Waals surface area contributed by atoms with Crippen LogP contribution in [-0.2, 0) is 22.3 Å². The molecule has 0 saturated carbocycles. The molecule has 1 aromatic carbocycles. The van der Waals surface area contributed by atoms with Crippen LogP contribution in [0.2, 0.25) is 0 Å². The number of ether oxygens (including phenoxy) is 2. The van der Waals surface area contributed by atoms with Crippen LogP contribution in [0.15, 0.2) is 80.1 Å². The van der Waals surface area contributed by atoms with Gasteiger partial charge in [-0.3, -0.25) is 0 Å². The highest BCUT2D eigenvalue weighted by molar-refractivity contribution is 6.21. The minimum absolute atomic E-state index is 0. The monoisotopic (exact) mass is 623 g/mol. The van der Waals surface area contributed by atoms with Crippen molar-refractivity contribution in [3.8, 4) is 0 Å². The summed E-state index contributed by atoms with van der Waals surface area (Å²) >= 11 is 0. The molecule has 236 valence electrons. The van der Waals surface area contributed by atoms with Crippen molar-refractivity contribution in [1.29, 1.82) is 0 Å². The largest absolute Gasteiger partial charge is 0.355 e. The number of halogens is 1. The first-order valence-electron chi connectivity index (χ1n) is 16.4. The second-order valence-corrected chi connectivity index (χ2v) is 11.7. The van der Waals surface area contributed by atoms with E-state index in [0.29, 0.717) is 13.2 Å². The van der Waals surface area contributed by atoms with Gasteiger partial charge in [0.25, 0.3) is 0 Å². The first-order chi connectivity index (χ1) is 21.3. The van der Waals surface area contributed by atoms with Crippen LogP contribution in [0.5, 0.6) is 0 Å². The standard InChI is InChI=1S/C39H45N3O2.ClH/c1-9-25-23(7)33-19-31-29-17-15-16-18-30(29)32(39(31,43-13-5)44-14-6)20-34-24(8)26(10-2)36(41-34)22-38-28(12-4)27(11-3)37(42-38)21-35(25)40-33;/h15-22,42H,9-14H2,1-8H3;1H. The average molecular weight is 624 g/mol. The van der Waals surface area contributed by atoms with Crippen molar-refractivity contribution >= 4 is 47.1 Å². The Bertz CT molecular complexity index is 1660. The molecule has 0 radical (unpaired) electrons. The van der Waals surface area contributed by atoms with E-state index in [1.165, 1.54) is 33.4 Å². The molecule has 0 unspecified atom stereocenters. The number of fused-ring (bicyclic) bond motifs is 9. The number of hydrogen-bond donors (Lipinski definition) is 1. The van der Waals surface area contributed by atoms with Gasteiger partial charge < -0.3 is 14.5 Å². The number of aromatic amines is 1. The number of aliphatic imine (C=N–C) groups is 2. The van der Waals surface area contributed by atoms with Gasteiger partial charge in [0.2, 0.25) is 5.79 Å². The number of nitrogens with zero attached hydrogens (tertiary/aromatic N) is 2. The van der Waals surface area contributed by atoms with Crippen molar-refractivity contribution < 1.29 is 9.47 Å². The van der Waals surface area contributed by atoms with Gasteiger partial charge in [0.1, 0.15) is 0 Å². The van der Waals surface area contributed by atoms with E-state index >= 15 is 0 Å². The summed E-state index contributed by atoms with van der Waals surface area (Å²) in [6.07, 6.45) is 12.6. The summed E-state index contributed by atoms with van der Waals surface area (Å²) in [6.45, 7) is 18.4. The fraction of sp³-hybridized carbons (Fsp3) is 0.385. The van der Waals surface area contributed by atoms with Crippen LogP contribution in [0.3, 0.4) is 0 Å². The first kappa shape index (κ1) is 32.9. The number of aromatic nitrogens is 1. The maximum atomic E-state index is 6.72. The third kappa shape index (κ3) is 5.19. The van der Waals surface area contributed by atoms with Gasteiger partial charge in [0.05, 0.1) is 22.8 Å². The quantitative estimate of drug-likeness (QED) is 0.298. The minimum atomic E-state index is -1.08. The minimum Gasteiger partial charge on any atom is -0.355 e. The van der Waals surface area contributed by atoms with Crippen LogP contribution in [0, 0.1) is 0 Å². The summed E-state index contributed by atoms with van der Waals surface area (Å²) in [5.74, 6) is -1.08. The SMILES string of the molecule is CCOC1(OCC)C2=CC3=NC(=Cc4[nH]c(c(CC)c4CC)C=C4N=C(C=C1c1ccccc12)C(C)=C4CC)C(CC)=C3C.Cl. The second-order valence-electron chi connectivity index (χ2n) is 11.7. The molecular weight excluding hydrogens is 578 g/mol. The Hall–Kier alpha value is -3.51. The highest BCUT2D eigenvalue weighted by Crippen LogP contribution is 2.52. The van der Waals surface area contributed by atoms with Gasteiger partial charge in [-0.15, -0.1) is 12.4 Å². The molecule has 0 saturated heterocycles. The Morgan fingerprint density at radius 1 is 0.622 bits per heavy atom. The van der Waals surface area contributed by atoms with E-state index in [4.69, 9.17) is 19.5 Å². The predicted molar refractivity (Wildman–Crippen MR) is 192 cm³/mol. The maximum absolute atomic E-state index is 6.72. The Kier molecular flexibility index (Phi) is 9.55. The average Bonchev–Trinajstić information content (AvgIpc) is 3.68. The van der Waals surface area contributed by atoms with Crippen molar-refractivity contribution in [3.05, 3.63) is 104 Å². The normalized spacial score (nSPS) is 18.2. The zero-order valence-corrected chi connectivity index (χ0v) is 28.8. The lowest BCUT2D eigenvalue weighted by Crippen LogP contribution is -2.36. The Morgan fingerprint density at radius 2 is 1.04 bits per heavy atom. The zero-order valence-electron chi connectivity index (χ0n) is 28.0. The molecule has 0 spiro atoms. The van der Waals surface area contributed by atoms with Crippen molar-refractivity contribution in [2.45, 2.75) is 86.9 Å². The van der Waals surface area contributed by atoms with Crippen LogP contribution in [-0.4, -0.2) is 35.4 Å². The lowest BCUT2D eigenvalue weighted by molar-refractivity contribution is -0.147. The number of H-pyrrole nitrogens is 1. The molecule has 0 atom stereocenters. The molecule has 1 aliphatic carbocycles. The number of benzene rings is 1. The van der Waals surface area contributed by atoms with Crippen LogP contribution in [0.25, 0.3) is 23.3 Å². The van der Waals surface area contributed by atoms with Gasteiger partial charge in [-0.25, -0.2) is 9.98 Å². The molecule has 1 N–H and O–H groups in total. The van der Waals surface area contributed by atoms with Crippen LogP contribution in [0.1, 0.15) is 102 Å². The molecule has 0 amide bonds. The van der Waals surface area contributed by atoms with E-state index in [1.807, 2.05) is 13.8 Å². The van der Waals surface area contributed by atoms with E-state index in [1.54, 1.807) is 0 Å². The van der Waals surface area contributed by atoms with Crippen molar-refractivity contribution in [1.82, 2.24) is 4.98 Å². The third-order valence-electron chi connectivity index (χ3n) is 9.51. The lowest BCUT2D eigenvalue weighted by atomic mass is 9.96. The summed E-state index contributed by atoms with van der Waals surface area (Å²) in [7, 11) is 0. The highest BCUT2D eigenvalue weighted by atomic mass is 35.5. The number of allylic oxidation sites excluding steroid dienone is 6. The molecule has 4 aliphatic rings. The predicted octanol–water partition coefficient (Wildman–Crippen LogP) is 9.87. The summed E-state index contributed by atoms with van der Waals surface area (Å²) in [5, 5.41) is 0.